The fraction of sp³-hybridized carbons (Fsp3) is 0.308. The number of oxime groups is 1. The predicted octanol–water partition coefficient (Wildman–Crippen LogP) is 1.29. The van der Waals surface area contributed by atoms with Gasteiger partial charge < -0.3 is 15.3 Å². The number of carbonyl (C=O) groups excluding carboxylic acids is 1. The molecule has 6 nitrogen and oxygen atoms in total. The van der Waals surface area contributed by atoms with Gasteiger partial charge >= 0.3 is 0 Å². The average molecular weight is 261 g/mol. The van der Waals surface area contributed by atoms with Crippen molar-refractivity contribution in [2.75, 3.05) is 13.2 Å². The smallest absolute Gasteiger partial charge is 0.257 e. The number of rotatable bonds is 6. The number of amides is 1. The predicted molar refractivity (Wildman–Crippen MR) is 69.2 cm³/mol. The van der Waals surface area contributed by atoms with Gasteiger partial charge in [-0.25, -0.2) is 0 Å². The van der Waals surface area contributed by atoms with Crippen LogP contribution in [-0.4, -0.2) is 30.0 Å². The number of nitrogens with one attached hydrogen (secondary N) is 1. The molecule has 0 unspecified atom stereocenters. The van der Waals surface area contributed by atoms with Gasteiger partial charge in [-0.05, 0) is 36.8 Å². The molecule has 0 atom stereocenters. The van der Waals surface area contributed by atoms with Crippen LogP contribution in [-0.2, 0) is 4.79 Å². The van der Waals surface area contributed by atoms with Crippen LogP contribution in [0, 0.1) is 11.3 Å². The lowest BCUT2D eigenvalue weighted by Gasteiger charge is -2.07. The minimum absolute atomic E-state index is 0.0994. The van der Waals surface area contributed by atoms with E-state index in [1.54, 1.807) is 31.2 Å². The second kappa shape index (κ2) is 7.71. The van der Waals surface area contributed by atoms with Gasteiger partial charge in [0.15, 0.2) is 6.61 Å². The summed E-state index contributed by atoms with van der Waals surface area (Å²) in [6.45, 7) is 1.90. The van der Waals surface area contributed by atoms with Crippen LogP contribution in [0.3, 0.4) is 0 Å². The van der Waals surface area contributed by atoms with E-state index >= 15 is 0 Å². The van der Waals surface area contributed by atoms with Crippen LogP contribution in [0.25, 0.3) is 0 Å². The van der Waals surface area contributed by atoms with Crippen molar-refractivity contribution < 1.29 is 14.7 Å². The van der Waals surface area contributed by atoms with E-state index in [0.717, 1.165) is 5.56 Å². The van der Waals surface area contributed by atoms with Gasteiger partial charge in [-0.3, -0.25) is 4.79 Å². The average Bonchev–Trinajstić information content (AvgIpc) is 2.45. The highest BCUT2D eigenvalue weighted by Gasteiger charge is 2.03. The van der Waals surface area contributed by atoms with E-state index < -0.39 is 0 Å². The van der Waals surface area contributed by atoms with E-state index in [4.69, 9.17) is 15.2 Å². The number of hydrogen-bond donors (Lipinski definition) is 2. The van der Waals surface area contributed by atoms with Crippen molar-refractivity contribution in [2.24, 2.45) is 5.16 Å². The monoisotopic (exact) mass is 261 g/mol. The van der Waals surface area contributed by atoms with Crippen molar-refractivity contribution in [2.45, 2.75) is 13.3 Å². The summed E-state index contributed by atoms with van der Waals surface area (Å²) in [5.74, 6) is 0.275. The second-order valence-electron chi connectivity index (χ2n) is 3.76. The molecular formula is C13H15N3O3. The normalized spacial score (nSPS) is 10.6. The number of benzene rings is 1. The maximum Gasteiger partial charge on any atom is 0.257 e. The highest BCUT2D eigenvalue weighted by molar-refractivity contribution is 5.98. The molecule has 0 radical (unpaired) electrons. The molecule has 0 bridgehead atoms. The molecule has 0 saturated carbocycles. The third-order valence-electron chi connectivity index (χ3n) is 2.35. The Labute approximate surface area is 111 Å². The fourth-order valence-corrected chi connectivity index (χ4v) is 1.31. The lowest BCUT2D eigenvalue weighted by Crippen LogP contribution is -2.29. The van der Waals surface area contributed by atoms with Crippen molar-refractivity contribution >= 4 is 11.6 Å². The maximum atomic E-state index is 11.3. The number of nitrogens with zero attached hydrogens (tertiary/aromatic N) is 2. The van der Waals surface area contributed by atoms with E-state index in [-0.39, 0.29) is 18.9 Å². The molecule has 0 fully saturated rings. The largest absolute Gasteiger partial charge is 0.484 e. The van der Waals surface area contributed by atoms with E-state index in [1.807, 2.05) is 6.07 Å². The van der Waals surface area contributed by atoms with Crippen molar-refractivity contribution in [1.29, 1.82) is 5.26 Å². The second-order valence-corrected chi connectivity index (χ2v) is 3.76. The summed E-state index contributed by atoms with van der Waals surface area (Å²) in [7, 11) is 0. The summed E-state index contributed by atoms with van der Waals surface area (Å²) in [6, 6.07) is 8.77. The molecule has 19 heavy (non-hydrogen) atoms. The quantitative estimate of drug-likeness (QED) is 0.349. The van der Waals surface area contributed by atoms with Gasteiger partial charge in [0, 0.05) is 6.54 Å². The fourth-order valence-electron chi connectivity index (χ4n) is 1.31. The Kier molecular flexibility index (Phi) is 5.89. The topological polar surface area (TPSA) is 94.7 Å². The third kappa shape index (κ3) is 5.08. The SMILES string of the molecule is C/C(=N\O)c1ccc(OCC(=O)NCCC#N)cc1. The van der Waals surface area contributed by atoms with Crippen LogP contribution >= 0.6 is 0 Å². The molecule has 0 heterocycles. The van der Waals surface area contributed by atoms with Crippen LogP contribution in [0.5, 0.6) is 5.75 Å². The first kappa shape index (κ1) is 14.5. The third-order valence-corrected chi connectivity index (χ3v) is 2.35. The van der Waals surface area contributed by atoms with Crippen molar-refractivity contribution in [3.63, 3.8) is 0 Å². The van der Waals surface area contributed by atoms with Gasteiger partial charge in [-0.2, -0.15) is 5.26 Å². The number of carbonyl (C=O) groups is 1. The molecule has 0 spiro atoms. The van der Waals surface area contributed by atoms with Crippen LogP contribution in [0.15, 0.2) is 29.4 Å². The van der Waals surface area contributed by atoms with Crippen molar-refractivity contribution in [3.05, 3.63) is 29.8 Å². The molecule has 2 N–H and O–H groups in total. The molecule has 0 aliphatic heterocycles. The standard InChI is InChI=1S/C13H15N3O3/c1-10(16-18)11-3-5-12(6-4-11)19-9-13(17)15-8-2-7-14/h3-6,18H,2,8-9H2,1H3,(H,15,17)/b16-10+. The van der Waals surface area contributed by atoms with Crippen molar-refractivity contribution in [1.82, 2.24) is 5.32 Å². The molecule has 0 aromatic heterocycles. The highest BCUT2D eigenvalue weighted by Crippen LogP contribution is 2.12. The zero-order chi connectivity index (χ0) is 14.1. The number of nitriles is 1. The Bertz CT molecular complexity index is 489. The first-order valence-corrected chi connectivity index (χ1v) is 5.73. The van der Waals surface area contributed by atoms with E-state index in [1.165, 1.54) is 0 Å². The Balaban J connectivity index is 2.42. The maximum absolute atomic E-state index is 11.3. The van der Waals surface area contributed by atoms with Crippen LogP contribution < -0.4 is 10.1 Å². The molecular weight excluding hydrogens is 246 g/mol. The molecule has 0 saturated heterocycles. The van der Waals surface area contributed by atoms with Crippen LogP contribution in [0.4, 0.5) is 0 Å². The Morgan fingerprint density at radius 3 is 2.74 bits per heavy atom. The first-order valence-electron chi connectivity index (χ1n) is 5.73. The molecule has 100 valence electrons. The summed E-state index contributed by atoms with van der Waals surface area (Å²) in [4.78, 5) is 11.3. The summed E-state index contributed by atoms with van der Waals surface area (Å²) >= 11 is 0. The van der Waals surface area contributed by atoms with Gasteiger partial charge in [0.1, 0.15) is 5.75 Å². The lowest BCUT2D eigenvalue weighted by atomic mass is 10.1. The lowest BCUT2D eigenvalue weighted by molar-refractivity contribution is -0.123. The number of hydrogen-bond acceptors (Lipinski definition) is 5. The molecule has 0 aliphatic carbocycles. The Morgan fingerprint density at radius 2 is 2.16 bits per heavy atom. The van der Waals surface area contributed by atoms with Gasteiger partial charge in [-0.1, -0.05) is 5.16 Å². The van der Waals surface area contributed by atoms with Gasteiger partial charge in [-0.15, -0.1) is 0 Å². The molecule has 1 amide bonds. The molecule has 6 heteroatoms. The summed E-state index contributed by atoms with van der Waals surface area (Å²) < 4.78 is 5.27. The zero-order valence-corrected chi connectivity index (χ0v) is 10.6. The Hall–Kier alpha value is -2.55. The highest BCUT2D eigenvalue weighted by atomic mass is 16.5. The summed E-state index contributed by atoms with van der Waals surface area (Å²) in [5.41, 5.74) is 1.27. The van der Waals surface area contributed by atoms with E-state index in [9.17, 15) is 4.79 Å². The van der Waals surface area contributed by atoms with Crippen molar-refractivity contribution in [3.8, 4) is 11.8 Å². The molecule has 0 aliphatic rings. The molecule has 1 rings (SSSR count). The Morgan fingerprint density at radius 1 is 1.47 bits per heavy atom. The molecule has 1 aromatic rings. The van der Waals surface area contributed by atoms with Crippen LogP contribution in [0.2, 0.25) is 0 Å². The zero-order valence-electron chi connectivity index (χ0n) is 10.6. The van der Waals surface area contributed by atoms with Gasteiger partial charge in [0.25, 0.3) is 5.91 Å². The van der Waals surface area contributed by atoms with Crippen LogP contribution in [0.1, 0.15) is 18.9 Å². The molecule has 1 aromatic carbocycles. The van der Waals surface area contributed by atoms with Gasteiger partial charge in [0.2, 0.25) is 0 Å². The minimum Gasteiger partial charge on any atom is -0.484 e. The van der Waals surface area contributed by atoms with Gasteiger partial charge in [0.05, 0.1) is 18.2 Å². The first-order chi connectivity index (χ1) is 9.17. The van der Waals surface area contributed by atoms with E-state index in [2.05, 4.69) is 10.5 Å². The van der Waals surface area contributed by atoms with E-state index in [0.29, 0.717) is 18.0 Å². The number of ether oxygens (including phenoxy) is 1. The minimum atomic E-state index is -0.271. The summed E-state index contributed by atoms with van der Waals surface area (Å²) in [6.07, 6.45) is 0.278. The summed E-state index contributed by atoms with van der Waals surface area (Å²) in [5, 5.41) is 22.6.